The Morgan fingerprint density at radius 3 is 2.36 bits per heavy atom. The molecular weight excluding hydrogens is 421 g/mol. The Kier molecular flexibility index (Phi) is 7.68. The number of anilines is 1. The number of amides is 1. The third kappa shape index (κ3) is 5.92. The molecule has 0 bridgehead atoms. The zero-order valence-corrected chi connectivity index (χ0v) is 17.6. The van der Waals surface area contributed by atoms with Crippen LogP contribution in [0.5, 0.6) is 5.75 Å². The van der Waals surface area contributed by atoms with E-state index in [9.17, 15) is 4.79 Å². The van der Waals surface area contributed by atoms with E-state index in [1.54, 1.807) is 0 Å². The summed E-state index contributed by atoms with van der Waals surface area (Å²) < 4.78 is 5.43. The summed E-state index contributed by atoms with van der Waals surface area (Å²) in [6, 6.07) is 13.4. The molecule has 0 atom stereocenters. The summed E-state index contributed by atoms with van der Waals surface area (Å²) in [6.45, 7) is 5.16. The average Bonchev–Trinajstić information content (AvgIpc) is 2.71. The molecule has 1 amide bonds. The van der Waals surface area contributed by atoms with Crippen LogP contribution < -0.4 is 15.0 Å². The molecule has 150 valence electrons. The van der Waals surface area contributed by atoms with Gasteiger partial charge in [0.15, 0.2) is 6.61 Å². The molecule has 2 aromatic carbocycles. The number of carbonyl (C=O) groups excluding carboxylic acids is 1. The largest absolute Gasteiger partial charge is 0.482 e. The van der Waals surface area contributed by atoms with Crippen LogP contribution in [0.2, 0.25) is 15.1 Å². The van der Waals surface area contributed by atoms with E-state index in [1.165, 1.54) is 17.8 Å². The maximum Gasteiger partial charge on any atom is 0.257 e. The van der Waals surface area contributed by atoms with Gasteiger partial charge >= 0.3 is 0 Å². The second kappa shape index (κ2) is 10.2. The monoisotopic (exact) mass is 441 g/mol. The van der Waals surface area contributed by atoms with Crippen molar-refractivity contribution in [2.24, 2.45) is 0 Å². The fraction of sp³-hybridized carbons (Fsp3) is 0.350. The van der Waals surface area contributed by atoms with Gasteiger partial charge in [-0.25, -0.2) is 0 Å². The Bertz CT molecular complexity index is 797. The molecule has 0 saturated carbocycles. The molecule has 0 spiro atoms. The van der Waals surface area contributed by atoms with Crippen LogP contribution in [0.3, 0.4) is 0 Å². The number of nitrogens with one attached hydrogen (secondary N) is 1. The molecule has 1 N–H and O–H groups in total. The van der Waals surface area contributed by atoms with Crippen molar-refractivity contribution in [1.29, 1.82) is 0 Å². The zero-order valence-electron chi connectivity index (χ0n) is 15.3. The minimum absolute atomic E-state index is 0.126. The van der Waals surface area contributed by atoms with Crippen molar-refractivity contribution in [2.45, 2.75) is 0 Å². The summed E-state index contributed by atoms with van der Waals surface area (Å²) in [5.74, 6) is 0.133. The highest BCUT2D eigenvalue weighted by molar-refractivity contribution is 6.43. The molecule has 2 aromatic rings. The number of ether oxygens (including phenoxy) is 1. The van der Waals surface area contributed by atoms with Crippen LogP contribution in [0.15, 0.2) is 42.5 Å². The summed E-state index contributed by atoms with van der Waals surface area (Å²) in [4.78, 5) is 16.7. The topological polar surface area (TPSA) is 44.8 Å². The first-order valence-corrected chi connectivity index (χ1v) is 10.2. The molecule has 1 heterocycles. The first-order valence-electron chi connectivity index (χ1n) is 9.09. The lowest BCUT2D eigenvalue weighted by Gasteiger charge is -2.36. The molecule has 1 saturated heterocycles. The highest BCUT2D eigenvalue weighted by Gasteiger charge is 2.17. The Balaban J connectivity index is 1.34. The maximum atomic E-state index is 12.0. The van der Waals surface area contributed by atoms with E-state index in [4.69, 9.17) is 39.5 Å². The van der Waals surface area contributed by atoms with E-state index in [-0.39, 0.29) is 12.5 Å². The minimum atomic E-state index is -0.204. The van der Waals surface area contributed by atoms with Gasteiger partial charge in [-0.05, 0) is 18.2 Å². The highest BCUT2D eigenvalue weighted by atomic mass is 35.5. The van der Waals surface area contributed by atoms with Crippen LogP contribution in [0, 0.1) is 0 Å². The van der Waals surface area contributed by atoms with Crippen molar-refractivity contribution in [3.63, 3.8) is 0 Å². The van der Waals surface area contributed by atoms with Crippen molar-refractivity contribution < 1.29 is 9.53 Å². The molecule has 1 fully saturated rings. The number of rotatable bonds is 7. The van der Waals surface area contributed by atoms with Crippen LogP contribution >= 0.6 is 34.8 Å². The lowest BCUT2D eigenvalue weighted by Crippen LogP contribution is -2.48. The Labute approximate surface area is 180 Å². The van der Waals surface area contributed by atoms with Gasteiger partial charge in [0.05, 0.1) is 15.1 Å². The first-order chi connectivity index (χ1) is 13.5. The quantitative estimate of drug-likeness (QED) is 0.659. The van der Waals surface area contributed by atoms with Gasteiger partial charge in [0.25, 0.3) is 5.91 Å². The number of benzene rings is 2. The lowest BCUT2D eigenvalue weighted by molar-refractivity contribution is -0.123. The molecule has 28 heavy (non-hydrogen) atoms. The van der Waals surface area contributed by atoms with Crippen molar-refractivity contribution in [2.75, 3.05) is 50.8 Å². The van der Waals surface area contributed by atoms with Crippen LogP contribution in [-0.4, -0.2) is 56.7 Å². The Hall–Kier alpha value is -1.66. The van der Waals surface area contributed by atoms with Crippen molar-refractivity contribution in [3.05, 3.63) is 57.5 Å². The molecule has 1 aliphatic heterocycles. The van der Waals surface area contributed by atoms with Crippen LogP contribution in [0.25, 0.3) is 0 Å². The zero-order chi connectivity index (χ0) is 19.9. The van der Waals surface area contributed by atoms with E-state index in [0.717, 1.165) is 32.7 Å². The number of hydrogen-bond acceptors (Lipinski definition) is 4. The third-order valence-corrected chi connectivity index (χ3v) is 5.59. The van der Waals surface area contributed by atoms with Crippen LogP contribution in [0.4, 0.5) is 5.69 Å². The molecule has 5 nitrogen and oxygen atoms in total. The van der Waals surface area contributed by atoms with E-state index in [1.807, 2.05) is 6.07 Å². The SMILES string of the molecule is O=C(COc1cc(Cl)c(Cl)cc1Cl)NCCN1CCN(c2ccccc2)CC1. The summed E-state index contributed by atoms with van der Waals surface area (Å²) in [5, 5.41) is 3.86. The molecule has 3 rings (SSSR count). The normalized spacial score (nSPS) is 14.8. The second-order valence-corrected chi connectivity index (χ2v) is 7.72. The van der Waals surface area contributed by atoms with Gasteiger partial charge in [0, 0.05) is 51.0 Å². The maximum absolute atomic E-state index is 12.0. The number of nitrogens with zero attached hydrogens (tertiary/aromatic N) is 2. The smallest absolute Gasteiger partial charge is 0.257 e. The standard InChI is InChI=1S/C20H22Cl3N3O2/c21-16-12-18(23)19(13-17(16)22)28-14-20(27)24-6-7-25-8-10-26(11-9-25)15-4-2-1-3-5-15/h1-5,12-13H,6-11,14H2,(H,24,27). The molecule has 0 radical (unpaired) electrons. The van der Waals surface area contributed by atoms with Crippen LogP contribution in [0.1, 0.15) is 0 Å². The number of piperazine rings is 1. The van der Waals surface area contributed by atoms with Crippen LogP contribution in [-0.2, 0) is 4.79 Å². The predicted octanol–water partition coefficient (Wildman–Crippen LogP) is 3.96. The number of para-hydroxylation sites is 1. The Morgan fingerprint density at radius 1 is 0.964 bits per heavy atom. The van der Waals surface area contributed by atoms with E-state index in [0.29, 0.717) is 27.4 Å². The second-order valence-electron chi connectivity index (χ2n) is 6.50. The van der Waals surface area contributed by atoms with Gasteiger partial charge in [0.1, 0.15) is 5.75 Å². The lowest BCUT2D eigenvalue weighted by atomic mass is 10.2. The molecular formula is C20H22Cl3N3O2. The third-order valence-electron chi connectivity index (χ3n) is 4.58. The molecule has 0 unspecified atom stereocenters. The van der Waals surface area contributed by atoms with Gasteiger partial charge in [-0.1, -0.05) is 53.0 Å². The summed E-state index contributed by atoms with van der Waals surface area (Å²) >= 11 is 17.9. The molecule has 0 aliphatic carbocycles. The summed E-state index contributed by atoms with van der Waals surface area (Å²) in [7, 11) is 0. The van der Waals surface area contributed by atoms with Gasteiger partial charge < -0.3 is 15.0 Å². The van der Waals surface area contributed by atoms with E-state index >= 15 is 0 Å². The summed E-state index contributed by atoms with van der Waals surface area (Å²) in [6.07, 6.45) is 0. The predicted molar refractivity (Wildman–Crippen MR) is 115 cm³/mol. The van der Waals surface area contributed by atoms with Gasteiger partial charge in [0.2, 0.25) is 0 Å². The number of hydrogen-bond donors (Lipinski definition) is 1. The van der Waals surface area contributed by atoms with Gasteiger partial charge in [-0.3, -0.25) is 9.69 Å². The number of carbonyl (C=O) groups is 1. The van der Waals surface area contributed by atoms with Crippen molar-refractivity contribution >= 4 is 46.4 Å². The first kappa shape index (κ1) is 21.1. The van der Waals surface area contributed by atoms with Gasteiger partial charge in [-0.2, -0.15) is 0 Å². The van der Waals surface area contributed by atoms with E-state index in [2.05, 4.69) is 39.4 Å². The fourth-order valence-corrected chi connectivity index (χ4v) is 3.62. The molecule has 8 heteroatoms. The highest BCUT2D eigenvalue weighted by Crippen LogP contribution is 2.33. The number of halogens is 3. The van der Waals surface area contributed by atoms with Crippen molar-refractivity contribution in [3.8, 4) is 5.75 Å². The van der Waals surface area contributed by atoms with Crippen molar-refractivity contribution in [1.82, 2.24) is 10.2 Å². The summed E-state index contributed by atoms with van der Waals surface area (Å²) in [5.41, 5.74) is 1.26. The Morgan fingerprint density at radius 2 is 1.64 bits per heavy atom. The fourth-order valence-electron chi connectivity index (χ4n) is 3.03. The van der Waals surface area contributed by atoms with E-state index < -0.39 is 0 Å². The molecule has 1 aliphatic rings. The minimum Gasteiger partial charge on any atom is -0.482 e. The average molecular weight is 443 g/mol. The molecule has 0 aromatic heterocycles. The van der Waals surface area contributed by atoms with Gasteiger partial charge in [-0.15, -0.1) is 0 Å².